The van der Waals surface area contributed by atoms with Crippen LogP contribution in [0, 0.1) is 0 Å². The zero-order chi connectivity index (χ0) is 31.6. The zero-order valence-corrected chi connectivity index (χ0v) is 25.4. The molecule has 0 bridgehead atoms. The van der Waals surface area contributed by atoms with Crippen molar-refractivity contribution >= 4 is 28.8 Å². The normalized spacial score (nSPS) is 18.7. The number of aryl methyl sites for hydroxylation is 2. The second-order valence-electron chi connectivity index (χ2n) is 11.9. The van der Waals surface area contributed by atoms with Gasteiger partial charge in [-0.15, -0.1) is 0 Å². The number of hydrogen-bond donors (Lipinski definition) is 5. The Kier molecular flexibility index (Phi) is 11.9. The number of hydrogen-bond acceptors (Lipinski definition) is 6. The number of aliphatic hydroxyl groups is 1. The van der Waals surface area contributed by atoms with E-state index < -0.39 is 36.4 Å². The van der Waals surface area contributed by atoms with Crippen LogP contribution in [0.5, 0.6) is 0 Å². The van der Waals surface area contributed by atoms with Crippen LogP contribution in [0.1, 0.15) is 87.4 Å². The summed E-state index contributed by atoms with van der Waals surface area (Å²) in [5, 5.41) is 35.2. The fourth-order valence-corrected chi connectivity index (χ4v) is 6.24. The van der Waals surface area contributed by atoms with Crippen molar-refractivity contribution in [3.63, 3.8) is 0 Å². The van der Waals surface area contributed by atoms with Gasteiger partial charge >= 0.3 is 17.9 Å². The largest absolute Gasteiger partial charge is 0.481 e. The van der Waals surface area contributed by atoms with Crippen molar-refractivity contribution in [1.82, 2.24) is 14.9 Å². The number of pyridine rings is 1. The fraction of sp³-hybridized carbons (Fsp3) is 0.515. The van der Waals surface area contributed by atoms with Crippen molar-refractivity contribution in [3.8, 4) is 0 Å². The van der Waals surface area contributed by atoms with Gasteiger partial charge in [-0.05, 0) is 94.3 Å². The van der Waals surface area contributed by atoms with E-state index in [4.69, 9.17) is 20.4 Å². The van der Waals surface area contributed by atoms with Gasteiger partial charge in [-0.25, -0.2) is 4.79 Å². The minimum absolute atomic E-state index is 0.399. The molecule has 1 aliphatic carbocycles. The molecule has 10 nitrogen and oxygen atoms in total. The highest BCUT2D eigenvalue weighted by Gasteiger charge is 2.41. The summed E-state index contributed by atoms with van der Waals surface area (Å²) in [6.45, 7) is 2.31. The summed E-state index contributed by atoms with van der Waals surface area (Å²) >= 11 is 0. The smallest absolute Gasteiger partial charge is 0.336 e. The molecule has 2 aromatic heterocycles. The van der Waals surface area contributed by atoms with E-state index in [2.05, 4.69) is 72.3 Å². The molecule has 0 radical (unpaired) electrons. The molecule has 0 saturated heterocycles. The van der Waals surface area contributed by atoms with E-state index in [0.717, 1.165) is 12.8 Å². The zero-order valence-electron chi connectivity index (χ0n) is 25.4. The summed E-state index contributed by atoms with van der Waals surface area (Å²) in [6.07, 6.45) is 12.9. The number of para-hydroxylation sites is 1. The lowest BCUT2D eigenvalue weighted by Gasteiger charge is -2.45. The van der Waals surface area contributed by atoms with E-state index in [0.29, 0.717) is 11.5 Å². The third kappa shape index (κ3) is 8.87. The van der Waals surface area contributed by atoms with Crippen molar-refractivity contribution in [2.75, 3.05) is 14.1 Å². The van der Waals surface area contributed by atoms with Crippen molar-refractivity contribution in [2.45, 2.75) is 94.6 Å². The minimum atomic E-state index is -2.74. The SMILES string of the molecule is CCCCC1(N(C)C)CCC(c2[nH]c3ccccc3c2CCc2ccncc2)CC1.O=C(O)CC(O)(CC(=O)O)C(=O)O. The van der Waals surface area contributed by atoms with Crippen LogP contribution in [0.3, 0.4) is 0 Å². The molecule has 1 fully saturated rings. The number of benzene rings is 1. The topological polar surface area (TPSA) is 164 Å². The average Bonchev–Trinajstić information content (AvgIpc) is 3.33. The Morgan fingerprint density at radius 2 is 1.58 bits per heavy atom. The molecule has 5 N–H and O–H groups in total. The van der Waals surface area contributed by atoms with Gasteiger partial charge in [-0.1, -0.05) is 38.0 Å². The molecule has 0 aliphatic heterocycles. The molecule has 234 valence electrons. The van der Waals surface area contributed by atoms with Crippen LogP contribution in [-0.4, -0.2) is 78.4 Å². The van der Waals surface area contributed by atoms with E-state index in [9.17, 15) is 14.4 Å². The van der Waals surface area contributed by atoms with Gasteiger partial charge in [0.2, 0.25) is 0 Å². The van der Waals surface area contributed by atoms with Crippen molar-refractivity contribution in [2.24, 2.45) is 0 Å². The van der Waals surface area contributed by atoms with Crippen molar-refractivity contribution in [1.29, 1.82) is 0 Å². The maximum atomic E-state index is 10.3. The Labute approximate surface area is 252 Å². The number of rotatable bonds is 13. The Balaban J connectivity index is 0.000000331. The molecule has 10 heteroatoms. The number of carbonyl (C=O) groups is 3. The highest BCUT2D eigenvalue weighted by molar-refractivity contribution is 5.88. The van der Waals surface area contributed by atoms with Crippen LogP contribution < -0.4 is 0 Å². The molecular weight excluding hydrogens is 550 g/mol. The molecule has 43 heavy (non-hydrogen) atoms. The molecule has 4 rings (SSSR count). The summed E-state index contributed by atoms with van der Waals surface area (Å²) in [5.41, 5.74) is 3.38. The lowest BCUT2D eigenvalue weighted by atomic mass is 9.71. The third-order valence-electron chi connectivity index (χ3n) is 8.81. The fourth-order valence-electron chi connectivity index (χ4n) is 6.24. The first-order chi connectivity index (χ1) is 20.4. The second kappa shape index (κ2) is 15.1. The third-order valence-corrected chi connectivity index (χ3v) is 8.81. The minimum Gasteiger partial charge on any atom is -0.481 e. The van der Waals surface area contributed by atoms with E-state index in [1.54, 1.807) is 5.56 Å². The Bertz CT molecular complexity index is 1350. The van der Waals surface area contributed by atoms with Crippen LogP contribution in [0.25, 0.3) is 10.9 Å². The summed E-state index contributed by atoms with van der Waals surface area (Å²) in [4.78, 5) is 41.0. The van der Waals surface area contributed by atoms with Crippen LogP contribution in [-0.2, 0) is 27.2 Å². The molecule has 1 aliphatic rings. The van der Waals surface area contributed by atoms with Crippen LogP contribution >= 0.6 is 0 Å². The van der Waals surface area contributed by atoms with Crippen molar-refractivity contribution < 1.29 is 34.8 Å². The van der Waals surface area contributed by atoms with Gasteiger partial charge in [0, 0.05) is 34.5 Å². The number of aromatic amines is 1. The molecule has 0 unspecified atom stereocenters. The van der Waals surface area contributed by atoms with Gasteiger partial charge in [-0.3, -0.25) is 14.6 Å². The number of unbranched alkanes of at least 4 members (excludes halogenated alkanes) is 1. The van der Waals surface area contributed by atoms with E-state index in [-0.39, 0.29) is 0 Å². The first-order valence-corrected chi connectivity index (χ1v) is 15.0. The first-order valence-electron chi connectivity index (χ1n) is 15.0. The number of aromatic nitrogens is 2. The number of H-pyrrole nitrogens is 1. The molecule has 3 aromatic rings. The van der Waals surface area contributed by atoms with E-state index >= 15 is 0 Å². The quantitative estimate of drug-likeness (QED) is 0.178. The molecule has 0 amide bonds. The lowest BCUT2D eigenvalue weighted by Crippen LogP contribution is -2.46. The lowest BCUT2D eigenvalue weighted by molar-refractivity contribution is -0.170. The molecule has 1 aromatic carbocycles. The van der Waals surface area contributed by atoms with Gasteiger partial charge in [0.15, 0.2) is 5.60 Å². The Hall–Kier alpha value is -3.76. The molecule has 2 heterocycles. The van der Waals surface area contributed by atoms with E-state index in [1.807, 2.05) is 12.4 Å². The predicted octanol–water partition coefficient (Wildman–Crippen LogP) is 5.25. The number of carboxylic acid groups (broad SMARTS) is 3. The average molecular weight is 596 g/mol. The standard InChI is InChI=1S/C27H37N3.C6H8O7/c1-4-5-16-27(30(2)3)17-12-22(13-18-27)26-24(11-10-21-14-19-28-20-15-21)23-8-6-7-9-25(23)29-26;7-3(8)1-6(13,5(11)12)2-4(9)10/h6-9,14-15,19-20,22,29H,4-5,10-13,16-18H2,1-3H3;13H,1-2H2,(H,7,8)(H,9,10)(H,11,12). The van der Waals surface area contributed by atoms with Crippen LogP contribution in [0.15, 0.2) is 48.8 Å². The Morgan fingerprint density at radius 3 is 2.12 bits per heavy atom. The molecule has 0 atom stereocenters. The van der Waals surface area contributed by atoms with Crippen molar-refractivity contribution in [3.05, 3.63) is 65.6 Å². The number of nitrogens with zero attached hydrogens (tertiary/aromatic N) is 2. The predicted molar refractivity (Wildman–Crippen MR) is 164 cm³/mol. The summed E-state index contributed by atoms with van der Waals surface area (Å²) in [5.74, 6) is -4.37. The first kappa shape index (κ1) is 33.7. The van der Waals surface area contributed by atoms with Gasteiger partial charge < -0.3 is 30.3 Å². The monoisotopic (exact) mass is 595 g/mol. The van der Waals surface area contributed by atoms with Crippen LogP contribution in [0.2, 0.25) is 0 Å². The number of carboxylic acids is 3. The Morgan fingerprint density at radius 1 is 0.977 bits per heavy atom. The summed E-state index contributed by atoms with van der Waals surface area (Å²) in [7, 11) is 4.58. The maximum absolute atomic E-state index is 10.3. The number of aliphatic carboxylic acids is 3. The second-order valence-corrected chi connectivity index (χ2v) is 11.9. The van der Waals surface area contributed by atoms with Gasteiger partial charge in [0.05, 0.1) is 12.8 Å². The summed E-state index contributed by atoms with van der Waals surface area (Å²) < 4.78 is 0. The molecule has 1 saturated carbocycles. The molecule has 0 spiro atoms. The maximum Gasteiger partial charge on any atom is 0.336 e. The highest BCUT2D eigenvalue weighted by atomic mass is 16.4. The van der Waals surface area contributed by atoms with Gasteiger partial charge in [0.1, 0.15) is 0 Å². The summed E-state index contributed by atoms with van der Waals surface area (Å²) in [6, 6.07) is 13.2. The van der Waals surface area contributed by atoms with Gasteiger partial charge in [0.25, 0.3) is 0 Å². The highest BCUT2D eigenvalue weighted by Crippen LogP contribution is 2.44. The van der Waals surface area contributed by atoms with Gasteiger partial charge in [-0.2, -0.15) is 0 Å². The number of nitrogens with one attached hydrogen (secondary N) is 1. The van der Waals surface area contributed by atoms with Crippen LogP contribution in [0.4, 0.5) is 0 Å². The van der Waals surface area contributed by atoms with E-state index in [1.165, 1.54) is 67.1 Å². The molecular formula is C33H45N3O7. The number of fused-ring (bicyclic) bond motifs is 1.